The van der Waals surface area contributed by atoms with Crippen molar-refractivity contribution in [2.75, 3.05) is 0 Å². The number of hydrogen-bond acceptors (Lipinski definition) is 2. The standard InChI is InChI=1S/C23H30S2/c1-7-21(3,4)15-9-11-17-18-12-10-16(22(5,6)8-2)14-20(18)23(24,25)19(17)13-15/h9-14,24-25H,7-8H2,1-6H3. The largest absolute Gasteiger partial charge is 0.152 e. The van der Waals surface area contributed by atoms with Gasteiger partial charge < -0.3 is 0 Å². The molecule has 0 spiro atoms. The SMILES string of the molecule is CCC(C)(C)c1ccc2c(c1)C(S)(S)c1cc(C(C)(C)CC)ccc1-2. The summed E-state index contributed by atoms with van der Waals surface area (Å²) < 4.78 is -0.537. The topological polar surface area (TPSA) is 0 Å². The Morgan fingerprint density at radius 1 is 0.720 bits per heavy atom. The monoisotopic (exact) mass is 370 g/mol. The highest BCUT2D eigenvalue weighted by molar-refractivity contribution is 8.00. The second-order valence-electron chi connectivity index (χ2n) is 8.67. The van der Waals surface area contributed by atoms with E-state index in [-0.39, 0.29) is 10.8 Å². The van der Waals surface area contributed by atoms with Gasteiger partial charge in [0.15, 0.2) is 0 Å². The summed E-state index contributed by atoms with van der Waals surface area (Å²) in [4.78, 5) is 0. The molecule has 3 rings (SSSR count). The van der Waals surface area contributed by atoms with Crippen molar-refractivity contribution in [3.63, 3.8) is 0 Å². The predicted molar refractivity (Wildman–Crippen MR) is 117 cm³/mol. The quantitative estimate of drug-likeness (QED) is 0.416. The van der Waals surface area contributed by atoms with E-state index in [1.165, 1.54) is 33.4 Å². The molecule has 0 aliphatic heterocycles. The number of fused-ring (bicyclic) bond motifs is 3. The van der Waals surface area contributed by atoms with Crippen molar-refractivity contribution in [3.8, 4) is 11.1 Å². The van der Waals surface area contributed by atoms with Gasteiger partial charge in [-0.3, -0.25) is 0 Å². The normalized spacial score (nSPS) is 15.8. The smallest absolute Gasteiger partial charge is 0.107 e. The number of benzene rings is 2. The van der Waals surface area contributed by atoms with Crippen LogP contribution in [-0.4, -0.2) is 0 Å². The van der Waals surface area contributed by atoms with Crippen LogP contribution in [0.2, 0.25) is 0 Å². The van der Waals surface area contributed by atoms with Gasteiger partial charge in [-0.2, -0.15) is 25.3 Å². The van der Waals surface area contributed by atoms with Crippen LogP contribution in [0.4, 0.5) is 0 Å². The zero-order valence-electron chi connectivity index (χ0n) is 16.3. The Labute approximate surface area is 164 Å². The number of rotatable bonds is 4. The third-order valence-corrected chi connectivity index (χ3v) is 7.37. The molecule has 1 aliphatic rings. The van der Waals surface area contributed by atoms with Crippen molar-refractivity contribution in [3.05, 3.63) is 58.7 Å². The van der Waals surface area contributed by atoms with Gasteiger partial charge in [-0.1, -0.05) is 77.9 Å². The summed E-state index contributed by atoms with van der Waals surface area (Å²) in [6, 6.07) is 13.7. The van der Waals surface area contributed by atoms with Gasteiger partial charge >= 0.3 is 0 Å². The van der Waals surface area contributed by atoms with Crippen molar-refractivity contribution >= 4 is 25.3 Å². The molecule has 1 aliphatic carbocycles. The molecule has 0 unspecified atom stereocenters. The molecule has 0 saturated carbocycles. The second kappa shape index (κ2) is 6.09. The molecule has 0 saturated heterocycles. The summed E-state index contributed by atoms with van der Waals surface area (Å²) in [5.41, 5.74) is 8.05. The van der Waals surface area contributed by atoms with Crippen LogP contribution < -0.4 is 0 Å². The maximum Gasteiger partial charge on any atom is 0.107 e. The molecule has 0 bridgehead atoms. The Kier molecular flexibility index (Phi) is 4.61. The summed E-state index contributed by atoms with van der Waals surface area (Å²) in [6.45, 7) is 13.7. The Morgan fingerprint density at radius 2 is 1.08 bits per heavy atom. The first-order valence-corrected chi connectivity index (χ1v) is 10.2. The lowest BCUT2D eigenvalue weighted by Crippen LogP contribution is -2.18. The Hall–Kier alpha value is -0.860. The zero-order valence-corrected chi connectivity index (χ0v) is 18.1. The number of hydrogen-bond donors (Lipinski definition) is 2. The first kappa shape index (κ1) is 18.9. The summed E-state index contributed by atoms with van der Waals surface area (Å²) in [5.74, 6) is 0. The van der Waals surface area contributed by atoms with E-state index in [1.54, 1.807) is 0 Å². The Bertz CT molecular complexity index is 745. The van der Waals surface area contributed by atoms with Gasteiger partial charge in [0.1, 0.15) is 4.08 Å². The lowest BCUT2D eigenvalue weighted by atomic mass is 9.81. The molecule has 0 heterocycles. The van der Waals surface area contributed by atoms with E-state index in [0.29, 0.717) is 0 Å². The van der Waals surface area contributed by atoms with Crippen molar-refractivity contribution in [1.82, 2.24) is 0 Å². The fraction of sp³-hybridized carbons (Fsp3) is 0.478. The van der Waals surface area contributed by atoms with Crippen LogP contribution in [0.3, 0.4) is 0 Å². The van der Waals surface area contributed by atoms with Crippen molar-refractivity contribution in [1.29, 1.82) is 0 Å². The van der Waals surface area contributed by atoms with E-state index in [2.05, 4.69) is 77.9 Å². The first-order valence-electron chi connectivity index (χ1n) is 9.29. The molecule has 0 radical (unpaired) electrons. The Balaban J connectivity index is 2.17. The third-order valence-electron chi connectivity index (χ3n) is 6.41. The molecule has 0 fully saturated rings. The minimum atomic E-state index is -0.537. The molecule has 25 heavy (non-hydrogen) atoms. The fourth-order valence-corrected chi connectivity index (χ4v) is 4.27. The van der Waals surface area contributed by atoms with Crippen LogP contribution >= 0.6 is 25.3 Å². The molecule has 0 N–H and O–H groups in total. The average Bonchev–Trinajstić information content (AvgIpc) is 2.82. The van der Waals surface area contributed by atoms with E-state index in [4.69, 9.17) is 25.3 Å². The van der Waals surface area contributed by atoms with Gasteiger partial charge in [-0.25, -0.2) is 0 Å². The van der Waals surface area contributed by atoms with Gasteiger partial charge in [0, 0.05) is 0 Å². The van der Waals surface area contributed by atoms with Gasteiger partial charge in [-0.15, -0.1) is 0 Å². The molecule has 0 amide bonds. The molecule has 2 aromatic rings. The molecular formula is C23H30S2. The fourth-order valence-electron chi connectivity index (χ4n) is 3.53. The zero-order chi connectivity index (χ0) is 18.6. The van der Waals surface area contributed by atoms with Crippen LogP contribution in [0.25, 0.3) is 11.1 Å². The summed E-state index contributed by atoms with van der Waals surface area (Å²) in [7, 11) is 0. The minimum Gasteiger partial charge on any atom is -0.152 e. The Morgan fingerprint density at radius 3 is 1.40 bits per heavy atom. The first-order chi connectivity index (χ1) is 11.5. The van der Waals surface area contributed by atoms with Crippen LogP contribution in [0, 0.1) is 0 Å². The van der Waals surface area contributed by atoms with Crippen molar-refractivity contribution in [2.24, 2.45) is 0 Å². The van der Waals surface area contributed by atoms with E-state index in [1.807, 2.05) is 0 Å². The van der Waals surface area contributed by atoms with Crippen LogP contribution in [0.1, 0.15) is 76.6 Å². The van der Waals surface area contributed by atoms with Gasteiger partial charge in [0.25, 0.3) is 0 Å². The predicted octanol–water partition coefficient (Wildman–Crippen LogP) is 7.10. The van der Waals surface area contributed by atoms with Gasteiger partial charge in [0.05, 0.1) is 0 Å². The molecular weight excluding hydrogens is 340 g/mol. The van der Waals surface area contributed by atoms with Crippen molar-refractivity contribution in [2.45, 2.75) is 69.3 Å². The maximum absolute atomic E-state index is 5.02. The third kappa shape index (κ3) is 2.96. The molecule has 0 aromatic heterocycles. The molecule has 0 nitrogen and oxygen atoms in total. The van der Waals surface area contributed by atoms with Crippen LogP contribution in [0.15, 0.2) is 36.4 Å². The highest BCUT2D eigenvalue weighted by Crippen LogP contribution is 2.55. The average molecular weight is 371 g/mol. The highest BCUT2D eigenvalue weighted by atomic mass is 32.2. The lowest BCUT2D eigenvalue weighted by Gasteiger charge is -2.27. The van der Waals surface area contributed by atoms with Crippen LogP contribution in [0.5, 0.6) is 0 Å². The molecule has 2 aromatic carbocycles. The number of thiol groups is 2. The van der Waals surface area contributed by atoms with Gasteiger partial charge in [-0.05, 0) is 57.1 Å². The summed E-state index contributed by atoms with van der Waals surface area (Å²) >= 11 is 10.0. The maximum atomic E-state index is 5.02. The minimum absolute atomic E-state index is 0.163. The molecule has 2 heteroatoms. The van der Waals surface area contributed by atoms with E-state index in [9.17, 15) is 0 Å². The molecule has 134 valence electrons. The summed E-state index contributed by atoms with van der Waals surface area (Å²) in [6.07, 6.45) is 2.22. The second-order valence-corrected chi connectivity index (χ2v) is 10.4. The highest BCUT2D eigenvalue weighted by Gasteiger charge is 2.39. The van der Waals surface area contributed by atoms with Crippen LogP contribution in [-0.2, 0) is 14.9 Å². The molecule has 0 atom stereocenters. The summed E-state index contributed by atoms with van der Waals surface area (Å²) in [5, 5.41) is 0. The van der Waals surface area contributed by atoms with E-state index in [0.717, 1.165) is 12.8 Å². The van der Waals surface area contributed by atoms with E-state index < -0.39 is 4.08 Å². The van der Waals surface area contributed by atoms with Crippen molar-refractivity contribution < 1.29 is 0 Å². The van der Waals surface area contributed by atoms with E-state index >= 15 is 0 Å². The van der Waals surface area contributed by atoms with Gasteiger partial charge in [0.2, 0.25) is 0 Å². The lowest BCUT2D eigenvalue weighted by molar-refractivity contribution is 0.505.